The number of phenols is 1. The van der Waals surface area contributed by atoms with Gasteiger partial charge in [-0.3, -0.25) is 0 Å². The molecule has 3 N–H and O–H groups in total. The molecule has 5 heteroatoms. The van der Waals surface area contributed by atoms with Crippen LogP contribution in [-0.2, 0) is 11.2 Å². The first-order valence-electron chi connectivity index (χ1n) is 5.28. The summed E-state index contributed by atoms with van der Waals surface area (Å²) in [5, 5.41) is 18.8. The van der Waals surface area contributed by atoms with Crippen molar-refractivity contribution in [1.29, 1.82) is 5.26 Å². The number of carbonyl (C=O) groups excluding carboxylic acids is 1. The SMILES string of the molecule is CCOC(=O)c1cc(C#N)c(N)c(CC)c1O. The van der Waals surface area contributed by atoms with Crippen molar-refractivity contribution in [3.05, 3.63) is 22.8 Å². The van der Waals surface area contributed by atoms with Gasteiger partial charge < -0.3 is 15.6 Å². The van der Waals surface area contributed by atoms with Gasteiger partial charge in [0.25, 0.3) is 0 Å². The Hall–Kier alpha value is -2.22. The maximum atomic E-state index is 11.6. The summed E-state index contributed by atoms with van der Waals surface area (Å²) in [7, 11) is 0. The lowest BCUT2D eigenvalue weighted by molar-refractivity contribution is 0.0523. The summed E-state index contributed by atoms with van der Waals surface area (Å²) in [6.45, 7) is 3.64. The minimum absolute atomic E-state index is 0.0190. The van der Waals surface area contributed by atoms with Crippen LogP contribution in [0.4, 0.5) is 5.69 Å². The van der Waals surface area contributed by atoms with Crippen molar-refractivity contribution in [2.45, 2.75) is 20.3 Å². The Kier molecular flexibility index (Phi) is 3.94. The topological polar surface area (TPSA) is 96.3 Å². The average molecular weight is 234 g/mol. The first kappa shape index (κ1) is 12.8. The van der Waals surface area contributed by atoms with Crippen LogP contribution < -0.4 is 5.73 Å². The molecule has 0 aromatic heterocycles. The van der Waals surface area contributed by atoms with Crippen LogP contribution >= 0.6 is 0 Å². The van der Waals surface area contributed by atoms with Crippen molar-refractivity contribution in [2.24, 2.45) is 0 Å². The Labute approximate surface area is 99.4 Å². The Morgan fingerprint density at radius 2 is 2.24 bits per heavy atom. The van der Waals surface area contributed by atoms with Gasteiger partial charge in [-0.25, -0.2) is 4.79 Å². The van der Waals surface area contributed by atoms with Crippen LogP contribution in [0.2, 0.25) is 0 Å². The van der Waals surface area contributed by atoms with E-state index in [4.69, 9.17) is 15.7 Å². The molecule has 0 unspecified atom stereocenters. The highest BCUT2D eigenvalue weighted by Crippen LogP contribution is 2.31. The van der Waals surface area contributed by atoms with Gasteiger partial charge in [-0.1, -0.05) is 6.92 Å². The largest absolute Gasteiger partial charge is 0.507 e. The van der Waals surface area contributed by atoms with Crippen LogP contribution in [0.1, 0.15) is 35.3 Å². The number of ether oxygens (including phenoxy) is 1. The molecule has 0 aliphatic heterocycles. The van der Waals surface area contributed by atoms with Gasteiger partial charge in [-0.05, 0) is 19.4 Å². The van der Waals surface area contributed by atoms with Gasteiger partial charge in [0, 0.05) is 5.56 Å². The molecule has 0 saturated carbocycles. The number of carbonyl (C=O) groups is 1. The zero-order valence-electron chi connectivity index (χ0n) is 9.78. The van der Waals surface area contributed by atoms with E-state index in [1.54, 1.807) is 13.8 Å². The lowest BCUT2D eigenvalue weighted by Gasteiger charge is -2.12. The first-order valence-corrected chi connectivity index (χ1v) is 5.28. The van der Waals surface area contributed by atoms with Crippen molar-refractivity contribution in [2.75, 3.05) is 12.3 Å². The summed E-state index contributed by atoms with van der Waals surface area (Å²) in [5.74, 6) is -0.862. The smallest absolute Gasteiger partial charge is 0.341 e. The molecule has 5 nitrogen and oxygen atoms in total. The number of hydrogen-bond donors (Lipinski definition) is 2. The summed E-state index contributed by atoms with van der Waals surface area (Å²) in [6.07, 6.45) is 0.430. The van der Waals surface area contributed by atoms with Gasteiger partial charge in [-0.2, -0.15) is 5.26 Å². The van der Waals surface area contributed by atoms with Gasteiger partial charge >= 0.3 is 5.97 Å². The van der Waals surface area contributed by atoms with E-state index in [-0.39, 0.29) is 29.2 Å². The van der Waals surface area contributed by atoms with E-state index < -0.39 is 5.97 Å². The van der Waals surface area contributed by atoms with Crippen molar-refractivity contribution in [3.63, 3.8) is 0 Å². The molecule has 0 fully saturated rings. The zero-order chi connectivity index (χ0) is 13.0. The number of nitrogen functional groups attached to an aromatic ring is 1. The highest BCUT2D eigenvalue weighted by molar-refractivity contribution is 5.94. The number of aromatic hydroxyl groups is 1. The van der Waals surface area contributed by atoms with Crippen LogP contribution in [0.15, 0.2) is 6.07 Å². The number of nitrogens with two attached hydrogens (primary N) is 1. The Morgan fingerprint density at radius 1 is 1.59 bits per heavy atom. The third-order valence-electron chi connectivity index (χ3n) is 2.41. The molecule has 0 radical (unpaired) electrons. The fraction of sp³-hybridized carbons (Fsp3) is 0.333. The zero-order valence-corrected chi connectivity index (χ0v) is 9.78. The second kappa shape index (κ2) is 5.21. The molecule has 1 rings (SSSR count). The minimum Gasteiger partial charge on any atom is -0.507 e. The molecular weight excluding hydrogens is 220 g/mol. The summed E-state index contributed by atoms with van der Waals surface area (Å²) in [4.78, 5) is 11.6. The Morgan fingerprint density at radius 3 is 2.71 bits per heavy atom. The Bertz CT molecular complexity index is 490. The third kappa shape index (κ3) is 2.31. The van der Waals surface area contributed by atoms with E-state index in [2.05, 4.69) is 0 Å². The first-order chi connectivity index (χ1) is 8.06. The number of esters is 1. The van der Waals surface area contributed by atoms with E-state index >= 15 is 0 Å². The normalized spacial score (nSPS) is 9.71. The number of rotatable bonds is 3. The summed E-state index contributed by atoms with van der Waals surface area (Å²) in [5.41, 5.74) is 6.47. The van der Waals surface area contributed by atoms with E-state index in [1.165, 1.54) is 6.07 Å². The molecular formula is C12H14N2O3. The lowest BCUT2D eigenvalue weighted by atomic mass is 10.00. The second-order valence-corrected chi connectivity index (χ2v) is 3.40. The summed E-state index contributed by atoms with van der Waals surface area (Å²) in [6, 6.07) is 3.14. The van der Waals surface area contributed by atoms with E-state index in [9.17, 15) is 9.90 Å². The van der Waals surface area contributed by atoms with Crippen molar-refractivity contribution in [1.82, 2.24) is 0 Å². The van der Waals surface area contributed by atoms with E-state index in [0.29, 0.717) is 12.0 Å². The molecule has 0 aliphatic carbocycles. The third-order valence-corrected chi connectivity index (χ3v) is 2.41. The molecule has 0 bridgehead atoms. The second-order valence-electron chi connectivity index (χ2n) is 3.40. The van der Waals surface area contributed by atoms with Gasteiger partial charge in [0.15, 0.2) is 0 Å². The number of phenolic OH excluding ortho intramolecular Hbond substituents is 1. The molecule has 0 aliphatic rings. The fourth-order valence-electron chi connectivity index (χ4n) is 1.56. The van der Waals surface area contributed by atoms with Gasteiger partial charge in [0.2, 0.25) is 0 Å². The van der Waals surface area contributed by atoms with Crippen LogP contribution in [0, 0.1) is 11.3 Å². The lowest BCUT2D eigenvalue weighted by Crippen LogP contribution is -2.08. The fourth-order valence-corrected chi connectivity index (χ4v) is 1.56. The summed E-state index contributed by atoms with van der Waals surface area (Å²) >= 11 is 0. The number of benzene rings is 1. The highest BCUT2D eigenvalue weighted by Gasteiger charge is 2.20. The average Bonchev–Trinajstić information content (AvgIpc) is 2.30. The maximum absolute atomic E-state index is 11.6. The molecule has 0 heterocycles. The van der Waals surface area contributed by atoms with Crippen LogP contribution in [0.5, 0.6) is 5.75 Å². The number of nitriles is 1. The molecule has 0 amide bonds. The number of anilines is 1. The van der Waals surface area contributed by atoms with Crippen molar-refractivity contribution in [3.8, 4) is 11.8 Å². The predicted molar refractivity (Wildman–Crippen MR) is 62.6 cm³/mol. The molecule has 0 spiro atoms. The molecule has 17 heavy (non-hydrogen) atoms. The predicted octanol–water partition coefficient (Wildman–Crippen LogP) is 1.59. The number of nitrogens with zero attached hydrogens (tertiary/aromatic N) is 1. The van der Waals surface area contributed by atoms with Gasteiger partial charge in [0.05, 0.1) is 17.9 Å². The van der Waals surface area contributed by atoms with Gasteiger partial charge in [0.1, 0.15) is 17.4 Å². The van der Waals surface area contributed by atoms with Crippen LogP contribution in [0.25, 0.3) is 0 Å². The quantitative estimate of drug-likeness (QED) is 0.611. The maximum Gasteiger partial charge on any atom is 0.341 e. The highest BCUT2D eigenvalue weighted by atomic mass is 16.5. The number of hydrogen-bond acceptors (Lipinski definition) is 5. The van der Waals surface area contributed by atoms with Crippen LogP contribution in [-0.4, -0.2) is 17.7 Å². The van der Waals surface area contributed by atoms with Crippen LogP contribution in [0.3, 0.4) is 0 Å². The Balaban J connectivity index is 3.42. The van der Waals surface area contributed by atoms with Crippen molar-refractivity contribution >= 4 is 11.7 Å². The molecule has 90 valence electrons. The minimum atomic E-state index is -0.656. The molecule has 1 aromatic rings. The monoisotopic (exact) mass is 234 g/mol. The van der Waals surface area contributed by atoms with E-state index in [1.807, 2.05) is 6.07 Å². The molecule has 1 aromatic carbocycles. The van der Waals surface area contributed by atoms with E-state index in [0.717, 1.165) is 0 Å². The van der Waals surface area contributed by atoms with Gasteiger partial charge in [-0.15, -0.1) is 0 Å². The van der Waals surface area contributed by atoms with Crippen molar-refractivity contribution < 1.29 is 14.6 Å². The standard InChI is InChI=1S/C12H14N2O3/c1-3-8-10(14)7(6-13)5-9(11(8)15)12(16)17-4-2/h5,15H,3-4,14H2,1-2H3. The summed E-state index contributed by atoms with van der Waals surface area (Å²) < 4.78 is 4.80. The molecule has 0 atom stereocenters. The molecule has 0 saturated heterocycles.